The Morgan fingerprint density at radius 3 is 2.33 bits per heavy atom. The Balaban J connectivity index is 2.56. The van der Waals surface area contributed by atoms with Gasteiger partial charge >= 0.3 is 0 Å². The Labute approximate surface area is 118 Å². The Morgan fingerprint density at radius 2 is 1.72 bits per heavy atom. The second-order valence-electron chi connectivity index (χ2n) is 3.52. The number of hydrogen-bond acceptors (Lipinski definition) is 2. The van der Waals surface area contributed by atoms with E-state index in [2.05, 4.69) is 0 Å². The Hall–Kier alpha value is -1.29. The lowest BCUT2D eigenvalue weighted by Crippen LogP contribution is -1.89. The average Bonchev–Trinajstić information content (AvgIpc) is 2.32. The molecule has 92 valence electrons. The van der Waals surface area contributed by atoms with Crippen LogP contribution in [0.5, 0.6) is 0 Å². The van der Waals surface area contributed by atoms with Gasteiger partial charge in [0.25, 0.3) is 5.69 Å². The van der Waals surface area contributed by atoms with Crippen molar-refractivity contribution < 1.29 is 4.92 Å². The normalized spacial score (nSPS) is 10.4. The molecule has 0 N–H and O–H groups in total. The summed E-state index contributed by atoms with van der Waals surface area (Å²) in [6.07, 6.45) is 0. The van der Waals surface area contributed by atoms with Gasteiger partial charge < -0.3 is 0 Å². The molecule has 18 heavy (non-hydrogen) atoms. The van der Waals surface area contributed by atoms with Gasteiger partial charge in [-0.05, 0) is 23.8 Å². The zero-order valence-corrected chi connectivity index (χ0v) is 11.1. The van der Waals surface area contributed by atoms with Crippen molar-refractivity contribution >= 4 is 40.5 Å². The lowest BCUT2D eigenvalue weighted by Gasteiger charge is -2.06. The maximum atomic E-state index is 10.7. The summed E-state index contributed by atoms with van der Waals surface area (Å²) in [5.41, 5.74) is 1.22. The van der Waals surface area contributed by atoms with E-state index in [4.69, 9.17) is 34.8 Å². The van der Waals surface area contributed by atoms with Crippen LogP contribution >= 0.6 is 34.8 Å². The van der Waals surface area contributed by atoms with Crippen LogP contribution in [-0.2, 0) is 0 Å². The molecule has 0 amide bonds. The Morgan fingerprint density at radius 1 is 1.00 bits per heavy atom. The lowest BCUT2D eigenvalue weighted by molar-refractivity contribution is -0.384. The lowest BCUT2D eigenvalue weighted by atomic mass is 10.1. The Kier molecular flexibility index (Phi) is 3.76. The Bertz CT molecular complexity index is 629. The van der Waals surface area contributed by atoms with Crippen molar-refractivity contribution in [2.45, 2.75) is 0 Å². The second kappa shape index (κ2) is 5.14. The molecule has 6 heteroatoms. The molecule has 0 aromatic heterocycles. The van der Waals surface area contributed by atoms with E-state index in [-0.39, 0.29) is 10.7 Å². The number of hydrogen-bond donors (Lipinski definition) is 0. The first kappa shape index (κ1) is 13.1. The van der Waals surface area contributed by atoms with Gasteiger partial charge in [0.15, 0.2) is 0 Å². The smallest absolute Gasteiger partial charge is 0.258 e. The molecule has 0 bridgehead atoms. The molecule has 0 aliphatic heterocycles. The van der Waals surface area contributed by atoms with Crippen molar-refractivity contribution in [2.24, 2.45) is 0 Å². The van der Waals surface area contributed by atoms with Crippen LogP contribution in [0.2, 0.25) is 15.1 Å². The van der Waals surface area contributed by atoms with Gasteiger partial charge in [-0.1, -0.05) is 46.9 Å². The van der Waals surface area contributed by atoms with E-state index in [1.165, 1.54) is 12.1 Å². The first-order chi connectivity index (χ1) is 8.50. The van der Waals surface area contributed by atoms with Crippen LogP contribution in [0.1, 0.15) is 0 Å². The highest BCUT2D eigenvalue weighted by molar-refractivity contribution is 6.43. The number of nitro benzene ring substituents is 1. The minimum Gasteiger partial charge on any atom is -0.258 e. The van der Waals surface area contributed by atoms with Crippen LogP contribution < -0.4 is 0 Å². The van der Waals surface area contributed by atoms with E-state index < -0.39 is 4.92 Å². The summed E-state index contributed by atoms with van der Waals surface area (Å²) in [4.78, 5) is 10.1. The zero-order chi connectivity index (χ0) is 13.3. The van der Waals surface area contributed by atoms with Crippen molar-refractivity contribution in [1.29, 1.82) is 0 Å². The molecule has 2 rings (SSSR count). The highest BCUT2D eigenvalue weighted by atomic mass is 35.5. The van der Waals surface area contributed by atoms with Gasteiger partial charge in [0, 0.05) is 11.6 Å². The van der Waals surface area contributed by atoms with Gasteiger partial charge in [-0.25, -0.2) is 0 Å². The number of benzene rings is 2. The van der Waals surface area contributed by atoms with Gasteiger partial charge in [0.2, 0.25) is 0 Å². The molecule has 0 spiro atoms. The summed E-state index contributed by atoms with van der Waals surface area (Å²) >= 11 is 17.8. The fourth-order valence-electron chi connectivity index (χ4n) is 1.55. The van der Waals surface area contributed by atoms with E-state index >= 15 is 0 Å². The van der Waals surface area contributed by atoms with Crippen molar-refractivity contribution in [1.82, 2.24) is 0 Å². The summed E-state index contributed by atoms with van der Waals surface area (Å²) in [7, 11) is 0. The molecule has 0 aliphatic carbocycles. The number of halogens is 3. The van der Waals surface area contributed by atoms with Crippen molar-refractivity contribution in [3.8, 4) is 11.1 Å². The number of nitro groups is 1. The van der Waals surface area contributed by atoms with Gasteiger partial charge in [-0.3, -0.25) is 10.1 Å². The number of nitrogens with zero attached hydrogens (tertiary/aromatic N) is 1. The van der Waals surface area contributed by atoms with Gasteiger partial charge in [-0.2, -0.15) is 0 Å². The fourth-order valence-corrected chi connectivity index (χ4v) is 2.21. The van der Waals surface area contributed by atoms with Gasteiger partial charge in [0.1, 0.15) is 5.02 Å². The van der Waals surface area contributed by atoms with Crippen LogP contribution in [0.3, 0.4) is 0 Å². The van der Waals surface area contributed by atoms with E-state index in [0.29, 0.717) is 21.2 Å². The molecule has 0 fully saturated rings. The molecule has 0 saturated heterocycles. The van der Waals surface area contributed by atoms with E-state index in [1.54, 1.807) is 24.3 Å². The summed E-state index contributed by atoms with van der Waals surface area (Å²) in [5.74, 6) is 0. The molecule has 0 heterocycles. The monoisotopic (exact) mass is 301 g/mol. The summed E-state index contributed by atoms with van der Waals surface area (Å²) < 4.78 is 0. The number of rotatable bonds is 2. The average molecular weight is 303 g/mol. The third-order valence-corrected chi connectivity index (χ3v) is 3.53. The largest absolute Gasteiger partial charge is 0.287 e. The van der Waals surface area contributed by atoms with Crippen LogP contribution in [0, 0.1) is 10.1 Å². The fraction of sp³-hybridized carbons (Fsp3) is 0. The van der Waals surface area contributed by atoms with E-state index in [1.807, 2.05) is 0 Å². The topological polar surface area (TPSA) is 43.1 Å². The summed E-state index contributed by atoms with van der Waals surface area (Å²) in [6.45, 7) is 0. The second-order valence-corrected chi connectivity index (χ2v) is 4.72. The molecular formula is C12H6Cl3NO2. The zero-order valence-electron chi connectivity index (χ0n) is 8.86. The van der Waals surface area contributed by atoms with Crippen LogP contribution in [0.4, 0.5) is 5.69 Å². The van der Waals surface area contributed by atoms with E-state index in [0.717, 1.165) is 0 Å². The van der Waals surface area contributed by atoms with E-state index in [9.17, 15) is 10.1 Å². The summed E-state index contributed by atoms with van der Waals surface area (Å²) in [6, 6.07) is 9.61. The first-order valence-corrected chi connectivity index (χ1v) is 6.02. The molecule has 2 aromatic carbocycles. The first-order valence-electron chi connectivity index (χ1n) is 4.89. The highest BCUT2D eigenvalue weighted by Crippen LogP contribution is 2.36. The molecule has 3 nitrogen and oxygen atoms in total. The van der Waals surface area contributed by atoms with Gasteiger partial charge in [-0.15, -0.1) is 0 Å². The minimum absolute atomic E-state index is 0.0635. The maximum Gasteiger partial charge on any atom is 0.287 e. The van der Waals surface area contributed by atoms with Crippen LogP contribution in [0.25, 0.3) is 11.1 Å². The van der Waals surface area contributed by atoms with Crippen molar-refractivity contribution in [3.05, 3.63) is 61.6 Å². The predicted octanol–water partition coefficient (Wildman–Crippen LogP) is 5.22. The van der Waals surface area contributed by atoms with Crippen molar-refractivity contribution in [3.63, 3.8) is 0 Å². The maximum absolute atomic E-state index is 10.7. The molecule has 2 aromatic rings. The quantitative estimate of drug-likeness (QED) is 0.563. The molecule has 0 unspecified atom stereocenters. The SMILES string of the molecule is O=[N+]([O-])c1ccc(-c2cccc(Cl)c2Cl)cc1Cl. The van der Waals surface area contributed by atoms with Gasteiger partial charge in [0.05, 0.1) is 15.0 Å². The van der Waals surface area contributed by atoms with Crippen LogP contribution in [0.15, 0.2) is 36.4 Å². The van der Waals surface area contributed by atoms with Crippen LogP contribution in [-0.4, -0.2) is 4.92 Å². The predicted molar refractivity (Wildman–Crippen MR) is 73.6 cm³/mol. The third kappa shape index (κ3) is 2.43. The molecule has 0 radical (unpaired) electrons. The molecule has 0 atom stereocenters. The highest BCUT2D eigenvalue weighted by Gasteiger charge is 2.14. The molecule has 0 aliphatic rings. The van der Waals surface area contributed by atoms with Crippen molar-refractivity contribution in [2.75, 3.05) is 0 Å². The minimum atomic E-state index is -0.536. The summed E-state index contributed by atoms with van der Waals surface area (Å²) in [5, 5.41) is 11.5. The molecular weight excluding hydrogens is 296 g/mol. The standard InChI is InChI=1S/C12H6Cl3NO2/c13-9-3-1-2-8(12(9)15)7-4-5-11(16(17)18)10(14)6-7/h1-6H. The third-order valence-electron chi connectivity index (χ3n) is 2.41. The molecule has 0 saturated carbocycles.